The van der Waals surface area contributed by atoms with Crippen LogP contribution < -0.4 is 5.56 Å². The maximum Gasteiger partial charge on any atom is 0.281 e. The molecule has 0 atom stereocenters. The molecular formula is C25H22F2N6O. The minimum Gasteiger partial charge on any atom is -0.345 e. The third kappa shape index (κ3) is 3.30. The molecular weight excluding hydrogens is 438 g/mol. The van der Waals surface area contributed by atoms with Crippen LogP contribution in [0.3, 0.4) is 0 Å². The highest BCUT2D eigenvalue weighted by Crippen LogP contribution is 2.34. The van der Waals surface area contributed by atoms with Gasteiger partial charge in [0, 0.05) is 31.5 Å². The first-order chi connectivity index (χ1) is 16.4. The summed E-state index contributed by atoms with van der Waals surface area (Å²) in [6.07, 6.45) is 2.95. The monoisotopic (exact) mass is 460 g/mol. The van der Waals surface area contributed by atoms with Gasteiger partial charge in [0.1, 0.15) is 17.0 Å². The maximum atomic E-state index is 13.9. The molecule has 1 fully saturated rings. The van der Waals surface area contributed by atoms with Gasteiger partial charge in [-0.2, -0.15) is 9.78 Å². The number of fused-ring (bicyclic) bond motifs is 2. The Labute approximate surface area is 193 Å². The first kappa shape index (κ1) is 20.7. The van der Waals surface area contributed by atoms with Crippen molar-refractivity contribution in [3.05, 3.63) is 70.7 Å². The van der Waals surface area contributed by atoms with Crippen LogP contribution >= 0.6 is 0 Å². The van der Waals surface area contributed by atoms with E-state index in [4.69, 9.17) is 0 Å². The van der Waals surface area contributed by atoms with Crippen molar-refractivity contribution in [3.63, 3.8) is 0 Å². The van der Waals surface area contributed by atoms with Crippen LogP contribution in [-0.2, 0) is 13.6 Å². The van der Waals surface area contributed by atoms with Gasteiger partial charge >= 0.3 is 0 Å². The van der Waals surface area contributed by atoms with E-state index >= 15 is 0 Å². The van der Waals surface area contributed by atoms with E-state index in [1.165, 1.54) is 23.0 Å². The van der Waals surface area contributed by atoms with Gasteiger partial charge in [0.15, 0.2) is 0 Å². The van der Waals surface area contributed by atoms with Crippen LogP contribution in [0.15, 0.2) is 53.6 Å². The number of imidazole rings is 1. The molecule has 0 bridgehead atoms. The van der Waals surface area contributed by atoms with Gasteiger partial charge in [0.05, 0.1) is 27.8 Å². The second kappa shape index (κ2) is 7.58. The van der Waals surface area contributed by atoms with Gasteiger partial charge in [0.25, 0.3) is 12.0 Å². The Morgan fingerprint density at radius 2 is 1.94 bits per heavy atom. The minimum atomic E-state index is -2.67. The van der Waals surface area contributed by atoms with Crippen LogP contribution in [0, 0.1) is 12.8 Å². The number of hydrogen-bond donors (Lipinski definition) is 0. The van der Waals surface area contributed by atoms with E-state index in [1.54, 1.807) is 0 Å². The fourth-order valence-corrected chi connectivity index (χ4v) is 4.45. The number of nitrogens with zero attached hydrogens (tertiary/aromatic N) is 6. The van der Waals surface area contributed by atoms with Crippen molar-refractivity contribution in [2.75, 3.05) is 0 Å². The van der Waals surface area contributed by atoms with E-state index in [0.717, 1.165) is 36.2 Å². The number of hydrogen-bond acceptors (Lipinski definition) is 4. The van der Waals surface area contributed by atoms with Crippen LogP contribution in [-0.4, -0.2) is 28.9 Å². The van der Waals surface area contributed by atoms with Crippen molar-refractivity contribution < 1.29 is 8.78 Å². The maximum absolute atomic E-state index is 13.9. The molecule has 172 valence electrons. The lowest BCUT2D eigenvalue weighted by molar-refractivity contribution is 0.146. The molecule has 0 radical (unpaired) electrons. The van der Waals surface area contributed by atoms with E-state index in [1.807, 2.05) is 49.0 Å². The number of alkyl halides is 2. The molecule has 0 N–H and O–H groups in total. The topological polar surface area (TPSA) is 70.5 Å². The van der Waals surface area contributed by atoms with Gasteiger partial charge in [-0.15, -0.1) is 0 Å². The standard InChI is InChI=1S/C25H22F2N6O/c1-14-29-18-8-6-17(11-21(18)31(14)2)33-25(34)22(16-5-7-20(24(26)27)28-12-16)23-19(30-33)9-10-32(23)13-15-3-4-15/h5-12,15,24H,3-4,13H2,1-2H3. The van der Waals surface area contributed by atoms with Gasteiger partial charge in [-0.1, -0.05) is 6.07 Å². The highest BCUT2D eigenvalue weighted by molar-refractivity contribution is 5.91. The van der Waals surface area contributed by atoms with E-state index in [-0.39, 0.29) is 11.3 Å². The molecule has 6 rings (SSSR count). The molecule has 1 aliphatic carbocycles. The molecule has 1 saturated carbocycles. The fraction of sp³-hybridized carbons (Fsp3) is 0.280. The molecule has 0 spiro atoms. The zero-order valence-electron chi connectivity index (χ0n) is 18.7. The molecule has 4 aromatic heterocycles. The van der Waals surface area contributed by atoms with E-state index in [9.17, 15) is 13.6 Å². The van der Waals surface area contributed by atoms with Gasteiger partial charge in [-0.25, -0.2) is 13.8 Å². The van der Waals surface area contributed by atoms with Crippen molar-refractivity contribution in [2.24, 2.45) is 13.0 Å². The Balaban J connectivity index is 1.60. The largest absolute Gasteiger partial charge is 0.345 e. The Bertz CT molecular complexity index is 1610. The van der Waals surface area contributed by atoms with Gasteiger partial charge in [-0.3, -0.25) is 9.78 Å². The molecule has 0 saturated heterocycles. The molecule has 7 nitrogen and oxygen atoms in total. The third-order valence-electron chi connectivity index (χ3n) is 6.58. The summed E-state index contributed by atoms with van der Waals surface area (Å²) in [6, 6.07) is 10.3. The summed E-state index contributed by atoms with van der Waals surface area (Å²) in [5, 5.41) is 4.68. The lowest BCUT2D eigenvalue weighted by Crippen LogP contribution is -2.24. The van der Waals surface area contributed by atoms with Crippen LogP contribution in [0.2, 0.25) is 0 Å². The lowest BCUT2D eigenvalue weighted by atomic mass is 10.1. The first-order valence-electron chi connectivity index (χ1n) is 11.2. The molecule has 9 heteroatoms. The van der Waals surface area contributed by atoms with E-state index in [0.29, 0.717) is 33.8 Å². The van der Waals surface area contributed by atoms with E-state index in [2.05, 4.69) is 19.6 Å². The predicted molar refractivity (Wildman–Crippen MR) is 125 cm³/mol. The smallest absolute Gasteiger partial charge is 0.281 e. The van der Waals surface area contributed by atoms with Crippen molar-refractivity contribution in [1.29, 1.82) is 0 Å². The predicted octanol–water partition coefficient (Wildman–Crippen LogP) is 4.79. The summed E-state index contributed by atoms with van der Waals surface area (Å²) in [7, 11) is 1.92. The summed E-state index contributed by atoms with van der Waals surface area (Å²) >= 11 is 0. The number of aryl methyl sites for hydroxylation is 2. The van der Waals surface area contributed by atoms with Crippen LogP contribution in [0.5, 0.6) is 0 Å². The summed E-state index contributed by atoms with van der Waals surface area (Å²) in [6.45, 7) is 2.72. The molecule has 0 aliphatic heterocycles. The molecule has 1 aromatic carbocycles. The average molecular weight is 460 g/mol. The summed E-state index contributed by atoms with van der Waals surface area (Å²) < 4.78 is 31.6. The SMILES string of the molecule is Cc1nc2ccc(-n3nc4ccn(CC5CC5)c4c(-c4ccc(C(F)F)nc4)c3=O)cc2n1C. The van der Waals surface area contributed by atoms with Crippen LogP contribution in [0.4, 0.5) is 8.78 Å². The highest BCUT2D eigenvalue weighted by Gasteiger charge is 2.25. The van der Waals surface area contributed by atoms with Crippen LogP contribution in [0.25, 0.3) is 38.9 Å². The Morgan fingerprint density at radius 1 is 1.12 bits per heavy atom. The third-order valence-corrected chi connectivity index (χ3v) is 6.58. The summed E-state index contributed by atoms with van der Waals surface area (Å²) in [5.41, 5.74) is 3.95. The zero-order valence-corrected chi connectivity index (χ0v) is 18.7. The summed E-state index contributed by atoms with van der Waals surface area (Å²) in [4.78, 5) is 22.3. The molecule has 5 aromatic rings. The average Bonchev–Trinajstić information content (AvgIpc) is 3.50. The Hall–Kier alpha value is -3.88. The second-order valence-electron chi connectivity index (χ2n) is 8.90. The number of benzene rings is 1. The molecule has 34 heavy (non-hydrogen) atoms. The Kier molecular flexibility index (Phi) is 4.62. The van der Waals surface area contributed by atoms with Crippen molar-refractivity contribution >= 4 is 22.1 Å². The molecule has 0 amide bonds. The summed E-state index contributed by atoms with van der Waals surface area (Å²) in [5.74, 6) is 1.45. The first-order valence-corrected chi connectivity index (χ1v) is 11.2. The minimum absolute atomic E-state index is 0.320. The van der Waals surface area contributed by atoms with Crippen molar-refractivity contribution in [2.45, 2.75) is 32.7 Å². The highest BCUT2D eigenvalue weighted by atomic mass is 19.3. The van der Waals surface area contributed by atoms with Crippen LogP contribution in [0.1, 0.15) is 30.8 Å². The Morgan fingerprint density at radius 3 is 2.65 bits per heavy atom. The molecule has 0 unspecified atom stereocenters. The normalized spacial score (nSPS) is 14.0. The van der Waals surface area contributed by atoms with Gasteiger partial charge < -0.3 is 9.13 Å². The van der Waals surface area contributed by atoms with Gasteiger partial charge in [-0.05, 0) is 56.0 Å². The second-order valence-corrected chi connectivity index (χ2v) is 8.90. The quantitative estimate of drug-likeness (QED) is 0.378. The lowest BCUT2D eigenvalue weighted by Gasteiger charge is -2.13. The van der Waals surface area contributed by atoms with Crippen molar-refractivity contribution in [3.8, 4) is 16.8 Å². The van der Waals surface area contributed by atoms with E-state index < -0.39 is 6.43 Å². The fourth-order valence-electron chi connectivity index (χ4n) is 4.45. The zero-order chi connectivity index (χ0) is 23.6. The number of aromatic nitrogens is 6. The molecule has 1 aliphatic rings. The number of rotatable bonds is 5. The van der Waals surface area contributed by atoms with Crippen molar-refractivity contribution in [1.82, 2.24) is 28.9 Å². The molecule has 4 heterocycles. The van der Waals surface area contributed by atoms with Gasteiger partial charge in [0.2, 0.25) is 0 Å². The number of halogens is 2. The number of pyridine rings is 1.